The van der Waals surface area contributed by atoms with Crippen molar-refractivity contribution in [2.75, 3.05) is 0 Å². The first-order valence-electron chi connectivity index (χ1n) is 5.67. The zero-order valence-corrected chi connectivity index (χ0v) is 11.1. The van der Waals surface area contributed by atoms with Crippen LogP contribution in [0.2, 0.25) is 5.02 Å². The van der Waals surface area contributed by atoms with Crippen LogP contribution in [0.4, 0.5) is 4.39 Å². The van der Waals surface area contributed by atoms with E-state index in [4.69, 9.17) is 17.3 Å². The molecule has 1 aromatic carbocycles. The Morgan fingerprint density at radius 3 is 2.72 bits per heavy atom. The maximum atomic E-state index is 13.1. The molecule has 3 nitrogen and oxygen atoms in total. The van der Waals surface area contributed by atoms with Crippen molar-refractivity contribution in [3.8, 4) is 0 Å². The number of nitrogens with two attached hydrogens (primary N) is 1. The normalized spacial score (nSPS) is 12.7. The summed E-state index contributed by atoms with van der Waals surface area (Å²) < 4.78 is 14.9. The molecular formula is C13H15ClFN3. The smallest absolute Gasteiger partial charge is 0.141 e. The molecule has 0 aliphatic carbocycles. The Balaban J connectivity index is 2.19. The van der Waals surface area contributed by atoms with Crippen LogP contribution in [0.25, 0.3) is 0 Å². The van der Waals surface area contributed by atoms with Crippen molar-refractivity contribution in [1.29, 1.82) is 0 Å². The summed E-state index contributed by atoms with van der Waals surface area (Å²) >= 11 is 5.75. The van der Waals surface area contributed by atoms with Gasteiger partial charge in [-0.25, -0.2) is 4.39 Å². The zero-order chi connectivity index (χ0) is 13.3. The number of aryl methyl sites for hydroxylation is 2. The van der Waals surface area contributed by atoms with Crippen molar-refractivity contribution in [3.05, 3.63) is 52.1 Å². The van der Waals surface area contributed by atoms with Gasteiger partial charge in [-0.3, -0.25) is 4.68 Å². The fraction of sp³-hybridized carbons (Fsp3) is 0.308. The molecule has 0 fully saturated rings. The summed E-state index contributed by atoms with van der Waals surface area (Å²) in [5, 5.41) is 4.37. The third-order valence-corrected chi connectivity index (χ3v) is 3.19. The topological polar surface area (TPSA) is 43.8 Å². The molecule has 0 radical (unpaired) electrons. The lowest BCUT2D eigenvalue weighted by molar-refractivity contribution is 0.619. The second-order valence-electron chi connectivity index (χ2n) is 4.38. The highest BCUT2D eigenvalue weighted by Gasteiger charge is 2.12. The van der Waals surface area contributed by atoms with E-state index in [0.29, 0.717) is 6.42 Å². The highest BCUT2D eigenvalue weighted by molar-refractivity contribution is 6.30. The van der Waals surface area contributed by atoms with E-state index in [1.807, 2.05) is 20.0 Å². The number of rotatable bonds is 3. The summed E-state index contributed by atoms with van der Waals surface area (Å²) in [5.41, 5.74) is 8.92. The van der Waals surface area contributed by atoms with Crippen LogP contribution in [-0.2, 0) is 13.5 Å². The maximum absolute atomic E-state index is 13.1. The van der Waals surface area contributed by atoms with Crippen LogP contribution in [0.5, 0.6) is 0 Å². The van der Waals surface area contributed by atoms with Gasteiger partial charge >= 0.3 is 0 Å². The Labute approximate surface area is 110 Å². The van der Waals surface area contributed by atoms with E-state index in [2.05, 4.69) is 5.10 Å². The van der Waals surface area contributed by atoms with Gasteiger partial charge in [0, 0.05) is 25.2 Å². The van der Waals surface area contributed by atoms with Crippen LogP contribution in [0.3, 0.4) is 0 Å². The van der Waals surface area contributed by atoms with Crippen LogP contribution in [-0.4, -0.2) is 9.78 Å². The molecule has 0 spiro atoms. The van der Waals surface area contributed by atoms with Crippen LogP contribution >= 0.6 is 11.6 Å². The molecule has 0 saturated carbocycles. The quantitative estimate of drug-likeness (QED) is 0.929. The number of nitrogens with zero attached hydrogens (tertiary/aromatic N) is 2. The molecule has 0 bridgehead atoms. The van der Waals surface area contributed by atoms with Crippen LogP contribution in [0.1, 0.15) is 23.0 Å². The Morgan fingerprint density at radius 1 is 1.44 bits per heavy atom. The molecule has 5 heteroatoms. The molecule has 0 amide bonds. The molecule has 2 aromatic rings. The molecular weight excluding hydrogens is 253 g/mol. The average Bonchev–Trinajstić information content (AvgIpc) is 2.61. The van der Waals surface area contributed by atoms with Gasteiger partial charge in [-0.05, 0) is 30.7 Å². The Bertz CT molecular complexity index is 565. The second-order valence-corrected chi connectivity index (χ2v) is 4.79. The molecule has 1 atom stereocenters. The third kappa shape index (κ3) is 2.71. The lowest BCUT2D eigenvalue weighted by atomic mass is 10.0. The van der Waals surface area contributed by atoms with Crippen LogP contribution in [0.15, 0.2) is 24.3 Å². The average molecular weight is 268 g/mol. The fourth-order valence-corrected chi connectivity index (χ4v) is 2.13. The van der Waals surface area contributed by atoms with Gasteiger partial charge in [-0.2, -0.15) is 5.10 Å². The Kier molecular flexibility index (Phi) is 3.68. The molecule has 1 heterocycles. The SMILES string of the molecule is Cc1cc(CC(N)c2ccc(F)c(Cl)c2)n(C)n1. The lowest BCUT2D eigenvalue weighted by Crippen LogP contribution is -2.15. The molecule has 2 N–H and O–H groups in total. The van der Waals surface area contributed by atoms with Gasteiger partial charge in [0.1, 0.15) is 5.82 Å². The van der Waals surface area contributed by atoms with E-state index in [-0.39, 0.29) is 11.1 Å². The molecule has 0 aliphatic heterocycles. The minimum absolute atomic E-state index is 0.101. The van der Waals surface area contributed by atoms with Crippen LogP contribution < -0.4 is 5.73 Å². The third-order valence-electron chi connectivity index (χ3n) is 2.90. The van der Waals surface area contributed by atoms with Crippen molar-refractivity contribution in [2.45, 2.75) is 19.4 Å². The van der Waals surface area contributed by atoms with E-state index in [9.17, 15) is 4.39 Å². The van der Waals surface area contributed by atoms with E-state index >= 15 is 0 Å². The fourth-order valence-electron chi connectivity index (χ4n) is 1.94. The number of halogens is 2. The summed E-state index contributed by atoms with van der Waals surface area (Å²) in [6.45, 7) is 1.93. The van der Waals surface area contributed by atoms with Crippen molar-refractivity contribution in [3.63, 3.8) is 0 Å². The van der Waals surface area contributed by atoms with Crippen molar-refractivity contribution >= 4 is 11.6 Å². The van der Waals surface area contributed by atoms with Gasteiger partial charge in [-0.1, -0.05) is 17.7 Å². The standard InChI is InChI=1S/C13H15ClFN3/c1-8-5-10(18(2)17-8)7-13(16)9-3-4-12(15)11(14)6-9/h3-6,13H,7,16H2,1-2H3. The molecule has 18 heavy (non-hydrogen) atoms. The van der Waals surface area contributed by atoms with E-state index in [1.165, 1.54) is 6.07 Å². The monoisotopic (exact) mass is 267 g/mol. The van der Waals surface area contributed by atoms with Gasteiger partial charge in [0.25, 0.3) is 0 Å². The summed E-state index contributed by atoms with van der Waals surface area (Å²) in [7, 11) is 1.88. The highest BCUT2D eigenvalue weighted by Crippen LogP contribution is 2.22. The molecule has 0 saturated heterocycles. The summed E-state index contributed by atoms with van der Waals surface area (Å²) in [6.07, 6.45) is 0.638. The molecule has 1 unspecified atom stereocenters. The van der Waals surface area contributed by atoms with E-state index in [0.717, 1.165) is 17.0 Å². The minimum Gasteiger partial charge on any atom is -0.324 e. The predicted octanol–water partition coefficient (Wildman–Crippen LogP) is 2.76. The van der Waals surface area contributed by atoms with Crippen LogP contribution in [0, 0.1) is 12.7 Å². The number of aromatic nitrogens is 2. The zero-order valence-electron chi connectivity index (χ0n) is 10.3. The van der Waals surface area contributed by atoms with Gasteiger partial charge in [0.15, 0.2) is 0 Å². The number of benzene rings is 1. The van der Waals surface area contributed by atoms with Gasteiger partial charge in [-0.15, -0.1) is 0 Å². The first-order chi connectivity index (χ1) is 8.47. The van der Waals surface area contributed by atoms with Crippen molar-refractivity contribution in [2.24, 2.45) is 12.8 Å². The summed E-state index contributed by atoms with van der Waals surface area (Å²) in [5.74, 6) is -0.427. The van der Waals surface area contributed by atoms with E-state index in [1.54, 1.807) is 16.8 Å². The van der Waals surface area contributed by atoms with Gasteiger partial charge in [0.05, 0.1) is 10.7 Å². The highest BCUT2D eigenvalue weighted by atomic mass is 35.5. The molecule has 0 aliphatic rings. The molecule has 2 rings (SSSR count). The summed E-state index contributed by atoms with van der Waals surface area (Å²) in [4.78, 5) is 0. The maximum Gasteiger partial charge on any atom is 0.141 e. The van der Waals surface area contributed by atoms with Gasteiger partial charge in [0.2, 0.25) is 0 Å². The number of hydrogen-bond acceptors (Lipinski definition) is 2. The predicted molar refractivity (Wildman–Crippen MR) is 70.0 cm³/mol. The van der Waals surface area contributed by atoms with Gasteiger partial charge < -0.3 is 5.73 Å². The van der Waals surface area contributed by atoms with E-state index < -0.39 is 5.82 Å². The first kappa shape index (κ1) is 13.1. The Hall–Kier alpha value is -1.39. The Morgan fingerprint density at radius 2 is 2.17 bits per heavy atom. The number of hydrogen-bond donors (Lipinski definition) is 1. The molecule has 1 aromatic heterocycles. The summed E-state index contributed by atoms with van der Waals surface area (Å²) in [6, 6.07) is 6.34. The largest absolute Gasteiger partial charge is 0.324 e. The van der Waals surface area contributed by atoms with Crippen molar-refractivity contribution < 1.29 is 4.39 Å². The second kappa shape index (κ2) is 5.08. The van der Waals surface area contributed by atoms with Crippen molar-refractivity contribution in [1.82, 2.24) is 9.78 Å². The first-order valence-corrected chi connectivity index (χ1v) is 6.05. The lowest BCUT2D eigenvalue weighted by Gasteiger charge is -2.12. The minimum atomic E-state index is -0.427. The molecule has 96 valence electrons.